The van der Waals surface area contributed by atoms with Gasteiger partial charge in [0.05, 0.1) is 12.7 Å². The summed E-state index contributed by atoms with van der Waals surface area (Å²) in [5, 5.41) is 0. The summed E-state index contributed by atoms with van der Waals surface area (Å²) in [6, 6.07) is 5.79. The molecule has 4 rings (SSSR count). The lowest BCUT2D eigenvalue weighted by molar-refractivity contribution is -0.129. The van der Waals surface area contributed by atoms with Gasteiger partial charge in [-0.2, -0.15) is 0 Å². The van der Waals surface area contributed by atoms with Crippen molar-refractivity contribution in [2.45, 2.75) is 38.5 Å². The molecule has 1 aromatic rings. The van der Waals surface area contributed by atoms with Crippen molar-refractivity contribution in [3.63, 3.8) is 0 Å². The van der Waals surface area contributed by atoms with Crippen molar-refractivity contribution in [1.29, 1.82) is 0 Å². The lowest BCUT2D eigenvalue weighted by atomic mass is 9.80. The number of ketones is 1. The molecule has 3 nitrogen and oxygen atoms in total. The van der Waals surface area contributed by atoms with Crippen LogP contribution in [0.1, 0.15) is 47.2 Å². The van der Waals surface area contributed by atoms with E-state index in [1.807, 2.05) is 12.1 Å². The average molecular weight is 284 g/mol. The normalized spacial score (nSPS) is 30.7. The van der Waals surface area contributed by atoms with Crippen LogP contribution in [0.4, 0.5) is 0 Å². The first kappa shape index (κ1) is 13.1. The lowest BCUT2D eigenvalue weighted by Crippen LogP contribution is -2.30. The van der Waals surface area contributed by atoms with E-state index in [4.69, 9.17) is 4.74 Å². The molecule has 2 saturated carbocycles. The molecular formula is C18H20O3. The van der Waals surface area contributed by atoms with Gasteiger partial charge in [0.25, 0.3) is 0 Å². The molecule has 21 heavy (non-hydrogen) atoms. The molecule has 2 fully saturated rings. The Morgan fingerprint density at radius 2 is 2.05 bits per heavy atom. The summed E-state index contributed by atoms with van der Waals surface area (Å²) < 4.78 is 4.88. The monoisotopic (exact) mass is 284 g/mol. The van der Waals surface area contributed by atoms with Crippen molar-refractivity contribution < 1.29 is 14.3 Å². The van der Waals surface area contributed by atoms with Gasteiger partial charge in [-0.3, -0.25) is 4.79 Å². The lowest BCUT2D eigenvalue weighted by Gasteiger charge is -2.21. The molecule has 0 amide bonds. The van der Waals surface area contributed by atoms with Crippen molar-refractivity contribution in [3.05, 3.63) is 34.9 Å². The summed E-state index contributed by atoms with van der Waals surface area (Å²) in [7, 11) is 1.41. The van der Waals surface area contributed by atoms with Crippen LogP contribution in [-0.4, -0.2) is 18.9 Å². The number of methoxy groups -OCH3 is 1. The molecule has 110 valence electrons. The Hall–Kier alpha value is -1.64. The van der Waals surface area contributed by atoms with Crippen LogP contribution >= 0.6 is 0 Å². The number of benzene rings is 1. The van der Waals surface area contributed by atoms with Crippen LogP contribution in [0.25, 0.3) is 0 Å². The van der Waals surface area contributed by atoms with Crippen LogP contribution in [-0.2, 0) is 22.4 Å². The minimum atomic E-state index is -0.284. The SMILES string of the molecule is COC(=O)c1cccc2c1CC1(CCC(C3CC3)C1=O)C2. The molecule has 0 aromatic heterocycles. The Bertz CT molecular complexity index is 629. The van der Waals surface area contributed by atoms with Crippen LogP contribution < -0.4 is 0 Å². The van der Waals surface area contributed by atoms with E-state index >= 15 is 0 Å². The summed E-state index contributed by atoms with van der Waals surface area (Å²) in [6.07, 6.45) is 6.04. The Morgan fingerprint density at radius 1 is 1.24 bits per heavy atom. The fourth-order valence-corrected chi connectivity index (χ4v) is 4.45. The number of carbonyl (C=O) groups is 2. The van der Waals surface area contributed by atoms with Gasteiger partial charge >= 0.3 is 5.97 Å². The number of ether oxygens (including phenoxy) is 1. The first-order valence-electron chi connectivity index (χ1n) is 7.88. The van der Waals surface area contributed by atoms with Crippen LogP contribution in [0, 0.1) is 17.3 Å². The third kappa shape index (κ3) is 1.86. The zero-order valence-corrected chi connectivity index (χ0v) is 12.4. The molecule has 0 radical (unpaired) electrons. The van der Waals surface area contributed by atoms with Crippen LogP contribution in [0.3, 0.4) is 0 Å². The number of carbonyl (C=O) groups excluding carboxylic acids is 2. The predicted molar refractivity (Wildman–Crippen MR) is 78.1 cm³/mol. The highest BCUT2D eigenvalue weighted by Gasteiger charge is 2.54. The highest BCUT2D eigenvalue weighted by Crippen LogP contribution is 2.54. The number of rotatable bonds is 2. The first-order chi connectivity index (χ1) is 10.1. The van der Waals surface area contributed by atoms with Crippen LogP contribution in [0.5, 0.6) is 0 Å². The van der Waals surface area contributed by atoms with Gasteiger partial charge in [0, 0.05) is 11.3 Å². The Labute approximate surface area is 124 Å². The number of hydrogen-bond acceptors (Lipinski definition) is 3. The van der Waals surface area contributed by atoms with Gasteiger partial charge in [-0.15, -0.1) is 0 Å². The number of esters is 1. The molecule has 2 atom stereocenters. The standard InChI is InChI=1S/C18H20O3/c1-21-17(20)14-4-2-3-12-9-18(10-15(12)14)8-7-13(16(18)19)11-5-6-11/h2-4,11,13H,5-10H2,1H3. The van der Waals surface area contributed by atoms with Gasteiger partial charge in [0.15, 0.2) is 0 Å². The van der Waals surface area contributed by atoms with Crippen molar-refractivity contribution in [2.24, 2.45) is 17.3 Å². The smallest absolute Gasteiger partial charge is 0.338 e. The summed E-state index contributed by atoms with van der Waals surface area (Å²) >= 11 is 0. The largest absolute Gasteiger partial charge is 0.465 e. The number of Topliss-reactive ketones (excluding diaryl/α,β-unsaturated/α-hetero) is 1. The summed E-state index contributed by atoms with van der Waals surface area (Å²) in [5.41, 5.74) is 2.64. The van der Waals surface area contributed by atoms with Gasteiger partial charge < -0.3 is 4.74 Å². The van der Waals surface area contributed by atoms with Gasteiger partial charge in [-0.1, -0.05) is 12.1 Å². The maximum atomic E-state index is 12.9. The van der Waals surface area contributed by atoms with E-state index < -0.39 is 0 Å². The quantitative estimate of drug-likeness (QED) is 0.784. The maximum absolute atomic E-state index is 12.9. The van der Waals surface area contributed by atoms with E-state index in [1.54, 1.807) is 0 Å². The van der Waals surface area contributed by atoms with E-state index in [1.165, 1.54) is 25.5 Å². The third-order valence-electron chi connectivity index (χ3n) is 5.71. The molecule has 3 aliphatic carbocycles. The molecule has 0 saturated heterocycles. The fourth-order valence-electron chi connectivity index (χ4n) is 4.45. The van der Waals surface area contributed by atoms with E-state index in [0.29, 0.717) is 23.2 Å². The summed E-state index contributed by atoms with van der Waals surface area (Å²) in [6.45, 7) is 0. The fraction of sp³-hybridized carbons (Fsp3) is 0.556. The Balaban J connectivity index is 1.68. The second-order valence-electron chi connectivity index (χ2n) is 6.92. The van der Waals surface area contributed by atoms with E-state index in [-0.39, 0.29) is 11.4 Å². The molecule has 1 aromatic carbocycles. The highest BCUT2D eigenvalue weighted by molar-refractivity contribution is 5.95. The molecule has 2 unspecified atom stereocenters. The van der Waals surface area contributed by atoms with E-state index in [2.05, 4.69) is 6.07 Å². The molecule has 3 heteroatoms. The van der Waals surface area contributed by atoms with Gasteiger partial charge in [-0.25, -0.2) is 4.79 Å². The minimum absolute atomic E-state index is 0.223. The third-order valence-corrected chi connectivity index (χ3v) is 5.71. The van der Waals surface area contributed by atoms with Crippen molar-refractivity contribution in [1.82, 2.24) is 0 Å². The number of fused-ring (bicyclic) bond motifs is 1. The van der Waals surface area contributed by atoms with Gasteiger partial charge in [-0.05, 0) is 61.6 Å². The molecule has 3 aliphatic rings. The van der Waals surface area contributed by atoms with E-state index in [0.717, 1.165) is 31.2 Å². The maximum Gasteiger partial charge on any atom is 0.338 e. The van der Waals surface area contributed by atoms with Crippen molar-refractivity contribution in [2.75, 3.05) is 7.11 Å². The molecule has 1 spiro atoms. The molecule has 0 bridgehead atoms. The second-order valence-corrected chi connectivity index (χ2v) is 6.92. The van der Waals surface area contributed by atoms with Gasteiger partial charge in [0.2, 0.25) is 0 Å². The molecular weight excluding hydrogens is 264 g/mol. The summed E-state index contributed by atoms with van der Waals surface area (Å²) in [4.78, 5) is 24.8. The Kier molecular flexibility index (Phi) is 2.75. The average Bonchev–Trinajstić information content (AvgIpc) is 3.19. The molecule has 0 aliphatic heterocycles. The highest BCUT2D eigenvalue weighted by atomic mass is 16.5. The molecule has 0 N–H and O–H groups in total. The van der Waals surface area contributed by atoms with E-state index in [9.17, 15) is 9.59 Å². The van der Waals surface area contributed by atoms with Crippen molar-refractivity contribution >= 4 is 11.8 Å². The first-order valence-corrected chi connectivity index (χ1v) is 7.88. The minimum Gasteiger partial charge on any atom is -0.465 e. The predicted octanol–water partition coefficient (Wildman–Crippen LogP) is 2.95. The zero-order chi connectivity index (χ0) is 14.6. The second kappa shape index (κ2) is 4.43. The molecule has 0 heterocycles. The van der Waals surface area contributed by atoms with Crippen LogP contribution in [0.15, 0.2) is 18.2 Å². The van der Waals surface area contributed by atoms with Crippen LogP contribution in [0.2, 0.25) is 0 Å². The number of hydrogen-bond donors (Lipinski definition) is 0. The summed E-state index contributed by atoms with van der Waals surface area (Å²) in [5.74, 6) is 1.13. The van der Waals surface area contributed by atoms with Gasteiger partial charge in [0.1, 0.15) is 5.78 Å². The van der Waals surface area contributed by atoms with Crippen molar-refractivity contribution in [3.8, 4) is 0 Å². The topological polar surface area (TPSA) is 43.4 Å². The Morgan fingerprint density at radius 3 is 2.76 bits per heavy atom. The zero-order valence-electron chi connectivity index (χ0n) is 12.4.